The average molecular weight is 1170 g/mol. The molecule has 0 aromatic carbocycles. The summed E-state index contributed by atoms with van der Waals surface area (Å²) in [5.41, 5.74) is 7.50. The summed E-state index contributed by atoms with van der Waals surface area (Å²) >= 11 is 7.21. The third-order valence-corrected chi connectivity index (χ3v) is 13.8. The van der Waals surface area contributed by atoms with Gasteiger partial charge in [0.15, 0.2) is 5.90 Å². The van der Waals surface area contributed by atoms with Crippen LogP contribution < -0.4 is 21.9 Å². The molecule has 26 heteroatoms. The molecule has 6 rings (SSSR count). The number of aromatic nitrogens is 2. The highest BCUT2D eigenvalue weighted by Crippen LogP contribution is 2.29. The van der Waals surface area contributed by atoms with Gasteiger partial charge in [0, 0.05) is 66.1 Å². The summed E-state index contributed by atoms with van der Waals surface area (Å²) in [6.07, 6.45) is 0. The predicted molar refractivity (Wildman–Crippen MR) is 319 cm³/mol. The Hall–Kier alpha value is -6.39. The first-order valence-corrected chi connectivity index (χ1v) is 26.8. The smallest absolute Gasteiger partial charge is 0.340 e. The van der Waals surface area contributed by atoms with Crippen LogP contribution >= 0.6 is 56.7 Å². The van der Waals surface area contributed by atoms with E-state index in [9.17, 15) is 24.0 Å². The van der Waals surface area contributed by atoms with E-state index in [0.717, 1.165) is 47.5 Å². The molecule has 0 saturated heterocycles. The number of methoxy groups -OCH3 is 8. The molecule has 6 heterocycles. The number of hydrogen-bond acceptors (Lipinski definition) is 23. The average Bonchev–Trinajstić information content (AvgIpc) is 4.31. The maximum absolute atomic E-state index is 11.7. The van der Waals surface area contributed by atoms with E-state index in [2.05, 4.69) is 44.8 Å². The van der Waals surface area contributed by atoms with Crippen LogP contribution in [0.3, 0.4) is 0 Å². The zero-order valence-corrected chi connectivity index (χ0v) is 50.9. The number of rotatable bonds is 10. The van der Waals surface area contributed by atoms with Crippen molar-refractivity contribution in [3.63, 3.8) is 0 Å². The Morgan fingerprint density at radius 1 is 0.636 bits per heavy atom. The number of carbonyl (C=O) groups is 4. The highest BCUT2D eigenvalue weighted by atomic mass is 32.1. The van der Waals surface area contributed by atoms with E-state index in [-0.39, 0.29) is 36.9 Å². The van der Waals surface area contributed by atoms with Crippen LogP contribution in [0, 0.1) is 20.8 Å². The maximum atomic E-state index is 11.7. The minimum atomic E-state index is -0.875. The molecule has 77 heavy (non-hydrogen) atoms. The fourth-order valence-electron chi connectivity index (χ4n) is 4.97. The predicted octanol–water partition coefficient (Wildman–Crippen LogP) is 11.5. The van der Waals surface area contributed by atoms with E-state index < -0.39 is 5.97 Å². The molecule has 428 valence electrons. The van der Waals surface area contributed by atoms with E-state index >= 15 is 0 Å². The minimum absolute atomic E-state index is 0. The van der Waals surface area contributed by atoms with Gasteiger partial charge in [-0.3, -0.25) is 19.3 Å². The van der Waals surface area contributed by atoms with E-state index in [1.54, 1.807) is 79.9 Å². The number of nitrogen functional groups attached to an aromatic ring is 1. The third kappa shape index (κ3) is 24.2. The van der Waals surface area contributed by atoms with E-state index in [0.29, 0.717) is 38.2 Å². The van der Waals surface area contributed by atoms with Crippen molar-refractivity contribution in [2.45, 2.75) is 75.7 Å². The number of nitrogens with two attached hydrogens (primary N) is 1. The highest BCUT2D eigenvalue weighted by Gasteiger charge is 2.20. The van der Waals surface area contributed by atoms with E-state index in [4.69, 9.17) is 29.4 Å². The van der Waals surface area contributed by atoms with Gasteiger partial charge in [0.25, 0.3) is 11.5 Å². The van der Waals surface area contributed by atoms with Gasteiger partial charge in [0.2, 0.25) is 0 Å². The second-order valence-corrected chi connectivity index (χ2v) is 19.6. The molecule has 0 aliphatic rings. The van der Waals surface area contributed by atoms with Gasteiger partial charge in [-0.05, 0) is 81.1 Å². The Kier molecular flexibility index (Phi) is 36.1. The number of nitrogens with one attached hydrogen (secondary N) is 2. The SMILES string of the molecule is C.CC.CN=C(C)Nc1sc(C)cc1C(=O)OC.CN=C(C)Nc1sccc1C(=O)OC.COC(=O)c1ccsc1N.COC(=O)c1ccsc1N=C(C)OC.COC(C)(OC)OC.Cc1cc2c(=O)n(C)c(C)nc2s1. The lowest BCUT2D eigenvalue weighted by Gasteiger charge is -2.23. The molecule has 0 amide bonds. The van der Waals surface area contributed by atoms with Gasteiger partial charge in [-0.25, -0.2) is 29.2 Å². The molecular formula is C51H76N8O13S5. The van der Waals surface area contributed by atoms with Crippen LogP contribution in [-0.4, -0.2) is 128 Å². The van der Waals surface area contributed by atoms with Gasteiger partial charge >= 0.3 is 23.9 Å². The number of aliphatic imine (C=N–C) groups is 3. The lowest BCUT2D eigenvalue weighted by Crippen LogP contribution is -2.31. The van der Waals surface area contributed by atoms with Gasteiger partial charge in [-0.15, -0.1) is 56.7 Å². The summed E-state index contributed by atoms with van der Waals surface area (Å²) < 4.78 is 39.3. The molecule has 0 aliphatic heterocycles. The molecule has 0 unspecified atom stereocenters. The largest absolute Gasteiger partial charge is 0.484 e. The van der Waals surface area contributed by atoms with Crippen LogP contribution in [0.5, 0.6) is 0 Å². The van der Waals surface area contributed by atoms with Crippen molar-refractivity contribution in [2.75, 3.05) is 87.3 Å². The van der Waals surface area contributed by atoms with Gasteiger partial charge in [-0.1, -0.05) is 21.3 Å². The zero-order chi connectivity index (χ0) is 58.3. The lowest BCUT2D eigenvalue weighted by molar-refractivity contribution is -0.340. The van der Waals surface area contributed by atoms with Gasteiger partial charge < -0.3 is 54.3 Å². The molecule has 0 saturated carbocycles. The Morgan fingerprint density at radius 2 is 1.08 bits per heavy atom. The molecular weight excluding hydrogens is 1090 g/mol. The quantitative estimate of drug-likeness (QED) is 0.0378. The Morgan fingerprint density at radius 3 is 1.55 bits per heavy atom. The molecule has 0 bridgehead atoms. The summed E-state index contributed by atoms with van der Waals surface area (Å²) in [6.45, 7) is 16.9. The molecule has 21 nitrogen and oxygen atoms in total. The van der Waals surface area contributed by atoms with Crippen LogP contribution in [0.15, 0.2) is 66.2 Å². The van der Waals surface area contributed by atoms with Crippen molar-refractivity contribution in [1.29, 1.82) is 0 Å². The summed E-state index contributed by atoms with van der Waals surface area (Å²) in [6, 6.07) is 8.75. The minimum Gasteiger partial charge on any atom is -0.484 e. The normalized spacial score (nSPS) is 10.7. The first-order valence-electron chi connectivity index (χ1n) is 22.5. The van der Waals surface area contributed by atoms with Crippen molar-refractivity contribution < 1.29 is 57.1 Å². The second-order valence-electron chi connectivity index (χ2n) is 14.3. The van der Waals surface area contributed by atoms with Gasteiger partial charge in [-0.2, -0.15) is 0 Å². The van der Waals surface area contributed by atoms with Crippen molar-refractivity contribution in [2.24, 2.45) is 22.0 Å². The molecule has 0 spiro atoms. The molecule has 6 aromatic rings. The van der Waals surface area contributed by atoms with Crippen LogP contribution in [0.4, 0.5) is 20.0 Å². The number of ether oxygens (including phenoxy) is 8. The molecule has 0 fully saturated rings. The summed E-state index contributed by atoms with van der Waals surface area (Å²) in [4.78, 5) is 75.8. The number of thiophene rings is 5. The third-order valence-electron chi connectivity index (χ3n) is 9.53. The number of nitrogens with zero attached hydrogens (tertiary/aromatic N) is 5. The number of hydrogen-bond donors (Lipinski definition) is 3. The first kappa shape index (κ1) is 72.7. The van der Waals surface area contributed by atoms with Crippen molar-refractivity contribution in [3.8, 4) is 0 Å². The van der Waals surface area contributed by atoms with Crippen LogP contribution in [0.25, 0.3) is 10.2 Å². The fraction of sp³-hybridized carbons (Fsp3) is 0.431. The van der Waals surface area contributed by atoms with Crippen molar-refractivity contribution >= 4 is 128 Å². The van der Waals surface area contributed by atoms with Gasteiger partial charge in [0.05, 0.1) is 74.9 Å². The van der Waals surface area contributed by atoms with Crippen LogP contribution in [0.2, 0.25) is 0 Å². The fourth-order valence-corrected chi connectivity index (χ4v) is 9.08. The molecule has 0 atom stereocenters. The number of amidine groups is 2. The second kappa shape index (κ2) is 38.2. The number of fused-ring (bicyclic) bond motifs is 1. The topological polar surface area (TPSA) is 264 Å². The summed E-state index contributed by atoms with van der Waals surface area (Å²) in [5, 5.41) is 14.8. The lowest BCUT2D eigenvalue weighted by atomic mass is 10.3. The highest BCUT2D eigenvalue weighted by molar-refractivity contribution is 7.18. The van der Waals surface area contributed by atoms with Crippen molar-refractivity contribution in [3.05, 3.63) is 94.7 Å². The van der Waals surface area contributed by atoms with E-state index in [1.807, 2.05) is 66.0 Å². The molecule has 6 aromatic heterocycles. The van der Waals surface area contributed by atoms with Crippen LogP contribution in [0.1, 0.15) is 106 Å². The van der Waals surface area contributed by atoms with E-state index in [1.165, 1.54) is 102 Å². The maximum Gasteiger partial charge on any atom is 0.340 e. The summed E-state index contributed by atoms with van der Waals surface area (Å²) in [5.74, 6) is 0.507. The molecule has 0 radical (unpaired) electrons. The monoisotopic (exact) mass is 1170 g/mol. The Balaban J connectivity index is 0. The molecule has 4 N–H and O–H groups in total. The number of anilines is 3. The zero-order valence-electron chi connectivity index (χ0n) is 46.8. The summed E-state index contributed by atoms with van der Waals surface area (Å²) in [7, 11) is 16.6. The van der Waals surface area contributed by atoms with Crippen LogP contribution in [-0.2, 0) is 44.9 Å². The van der Waals surface area contributed by atoms with Gasteiger partial charge in [0.1, 0.15) is 30.7 Å². The number of carbonyl (C=O) groups excluding carboxylic acids is 4. The Labute approximate surface area is 472 Å². The Bertz CT molecular complexity index is 2880. The molecule has 0 aliphatic carbocycles. The number of aryl methyl sites for hydroxylation is 3. The first-order chi connectivity index (χ1) is 36.0. The number of esters is 4. The standard InChI is InChI=1S/C10H14N2O2S.C9H12N2O2S.C9H10N2OS.C9H11NO3S.C6H7NO2S.C5H12O3.C2H6.CH4/c1-6-5-8(10(13)14-4)9(15-6)12-7(2)11-3;1-6(10-2)11-8-7(4-5-14-8)9(12)13-3;1-5-4-7-8(13-5)10-6(2)11(3)9(7)12;1-6(12-2)10-8-7(4-5-14-8)9(11)13-3;1-9-6(8)4-2-3-10-5(4)7;1-5(6-2,7-3)8-4;1-2;/h5H,1-4H3,(H,11,12);4-5H,1-3H3,(H,10,11);4H,1-3H3;4-5H,1-3H3;2-3H,7H2,1H3;1-4H3;1-2H3;1H4. The van der Waals surface area contributed by atoms with Crippen molar-refractivity contribution in [1.82, 2.24) is 9.55 Å².